The van der Waals surface area contributed by atoms with Gasteiger partial charge in [0.05, 0.1) is 17.9 Å². The number of para-hydroxylation sites is 1. The van der Waals surface area contributed by atoms with Crippen molar-refractivity contribution in [2.24, 2.45) is 7.05 Å². The lowest BCUT2D eigenvalue weighted by Crippen LogP contribution is -2.31. The molecule has 1 unspecified atom stereocenters. The van der Waals surface area contributed by atoms with E-state index in [0.29, 0.717) is 16.3 Å². The molecule has 0 bridgehead atoms. The Bertz CT molecular complexity index is 1370. The molecule has 3 heterocycles. The number of hydrogen-bond acceptors (Lipinski definition) is 4. The number of ketones is 1. The molecule has 2 aromatic carbocycles. The summed E-state index contributed by atoms with van der Waals surface area (Å²) in [5, 5.41) is 12.1. The Morgan fingerprint density at radius 1 is 1.10 bits per heavy atom. The number of carbonyl (C=O) groups excluding carboxylic acids is 2. The molecule has 6 nitrogen and oxygen atoms in total. The number of rotatable bonds is 4. The molecular formula is C24H17ClN2O4. The second kappa shape index (κ2) is 7.18. The lowest BCUT2D eigenvalue weighted by molar-refractivity contribution is -0.117. The number of Topliss-reactive ketones (excluding diaryl/α,β-unsaturated/α-hetero) is 1. The molecule has 0 fully saturated rings. The van der Waals surface area contributed by atoms with Gasteiger partial charge in [0.2, 0.25) is 5.78 Å². The summed E-state index contributed by atoms with van der Waals surface area (Å²) in [6.07, 6.45) is 3.25. The van der Waals surface area contributed by atoms with Crippen LogP contribution in [-0.2, 0) is 11.8 Å². The SMILES string of the molecule is Cn1cc(C2C(C(=O)c3ccco3)=C(O)C(=O)N2c2cccc(Cl)c2)c2ccccc21. The molecule has 31 heavy (non-hydrogen) atoms. The number of fused-ring (bicyclic) bond motifs is 1. The Morgan fingerprint density at radius 3 is 2.65 bits per heavy atom. The molecule has 1 N–H and O–H groups in total. The van der Waals surface area contributed by atoms with Crippen molar-refractivity contribution in [3.8, 4) is 0 Å². The van der Waals surface area contributed by atoms with E-state index in [-0.39, 0.29) is 11.3 Å². The molecule has 0 radical (unpaired) electrons. The van der Waals surface area contributed by atoms with E-state index in [1.165, 1.54) is 17.2 Å². The van der Waals surface area contributed by atoms with Crippen molar-refractivity contribution in [2.75, 3.05) is 4.90 Å². The number of carbonyl (C=O) groups is 2. The first kappa shape index (κ1) is 19.2. The van der Waals surface area contributed by atoms with E-state index in [9.17, 15) is 14.7 Å². The van der Waals surface area contributed by atoms with Crippen LogP contribution in [0.5, 0.6) is 0 Å². The maximum absolute atomic E-state index is 13.3. The fourth-order valence-electron chi connectivity index (χ4n) is 4.16. The molecule has 154 valence electrons. The number of benzene rings is 2. The Labute approximate surface area is 182 Å². The van der Waals surface area contributed by atoms with Gasteiger partial charge in [0.15, 0.2) is 11.5 Å². The Morgan fingerprint density at radius 2 is 1.90 bits per heavy atom. The summed E-state index contributed by atoms with van der Waals surface area (Å²) in [4.78, 5) is 27.9. The number of aryl methyl sites for hydroxylation is 1. The highest BCUT2D eigenvalue weighted by Crippen LogP contribution is 2.44. The van der Waals surface area contributed by atoms with Crippen molar-refractivity contribution in [1.29, 1.82) is 0 Å². The van der Waals surface area contributed by atoms with Crippen LogP contribution in [0.4, 0.5) is 5.69 Å². The predicted octanol–water partition coefficient (Wildman–Crippen LogP) is 5.21. The fourth-order valence-corrected chi connectivity index (χ4v) is 4.34. The fraction of sp³-hybridized carbons (Fsp3) is 0.0833. The van der Waals surface area contributed by atoms with Crippen LogP contribution in [0.1, 0.15) is 22.2 Å². The number of furan rings is 1. The lowest BCUT2D eigenvalue weighted by atomic mass is 9.94. The normalized spacial score (nSPS) is 16.5. The minimum atomic E-state index is -0.852. The number of amides is 1. The van der Waals surface area contributed by atoms with Crippen LogP contribution in [0.25, 0.3) is 10.9 Å². The minimum Gasteiger partial charge on any atom is -0.503 e. The second-order valence-electron chi connectivity index (χ2n) is 7.34. The highest BCUT2D eigenvalue weighted by Gasteiger charge is 2.46. The van der Waals surface area contributed by atoms with Crippen molar-refractivity contribution in [1.82, 2.24) is 4.57 Å². The average Bonchev–Trinajstić information content (AvgIpc) is 3.47. The van der Waals surface area contributed by atoms with Crippen molar-refractivity contribution < 1.29 is 19.1 Å². The van der Waals surface area contributed by atoms with Gasteiger partial charge in [-0.25, -0.2) is 0 Å². The molecular weight excluding hydrogens is 416 g/mol. The van der Waals surface area contributed by atoms with Crippen LogP contribution >= 0.6 is 11.6 Å². The molecule has 1 amide bonds. The number of aliphatic hydroxyl groups is 1. The first-order valence-corrected chi connectivity index (χ1v) is 9.99. The van der Waals surface area contributed by atoms with E-state index in [0.717, 1.165) is 10.9 Å². The Hall–Kier alpha value is -3.77. The maximum atomic E-state index is 13.3. The summed E-state index contributed by atoms with van der Waals surface area (Å²) < 4.78 is 7.20. The topological polar surface area (TPSA) is 75.7 Å². The number of nitrogens with zero attached hydrogens (tertiary/aromatic N) is 2. The standard InChI is InChI=1S/C24H17ClN2O4/c1-26-13-17(16-8-2-3-9-18(16)26)21-20(22(28)19-10-5-11-31-19)23(29)24(30)27(21)15-7-4-6-14(25)12-15/h2-13,21,29H,1H3. The molecule has 5 rings (SSSR count). The van der Waals surface area contributed by atoms with Gasteiger partial charge in [0.25, 0.3) is 5.91 Å². The minimum absolute atomic E-state index is 0.0312. The molecule has 1 aliphatic heterocycles. The maximum Gasteiger partial charge on any atom is 0.294 e. The van der Waals surface area contributed by atoms with E-state index in [2.05, 4.69) is 0 Å². The van der Waals surface area contributed by atoms with Gasteiger partial charge in [-0.05, 0) is 36.4 Å². The van der Waals surface area contributed by atoms with E-state index in [1.807, 2.05) is 42.1 Å². The van der Waals surface area contributed by atoms with Gasteiger partial charge in [0.1, 0.15) is 0 Å². The van der Waals surface area contributed by atoms with E-state index in [4.69, 9.17) is 16.0 Å². The van der Waals surface area contributed by atoms with Crippen LogP contribution in [0, 0.1) is 0 Å². The molecule has 0 saturated heterocycles. The molecule has 7 heteroatoms. The van der Waals surface area contributed by atoms with Gasteiger partial charge >= 0.3 is 0 Å². The smallest absolute Gasteiger partial charge is 0.294 e. The predicted molar refractivity (Wildman–Crippen MR) is 117 cm³/mol. The number of hydrogen-bond donors (Lipinski definition) is 1. The van der Waals surface area contributed by atoms with Crippen LogP contribution in [-0.4, -0.2) is 21.4 Å². The van der Waals surface area contributed by atoms with Crippen molar-refractivity contribution in [3.63, 3.8) is 0 Å². The van der Waals surface area contributed by atoms with Gasteiger partial charge in [-0.3, -0.25) is 14.5 Å². The summed E-state index contributed by atoms with van der Waals surface area (Å²) in [6.45, 7) is 0. The summed E-state index contributed by atoms with van der Waals surface area (Å²) in [7, 11) is 1.89. The Balaban J connectivity index is 1.77. The molecule has 1 aliphatic rings. The summed E-state index contributed by atoms with van der Waals surface area (Å²) in [5.41, 5.74) is 2.10. The van der Waals surface area contributed by atoms with Crippen molar-refractivity contribution in [2.45, 2.75) is 6.04 Å². The number of aliphatic hydroxyl groups excluding tert-OH is 1. The zero-order valence-corrected chi connectivity index (χ0v) is 17.2. The number of halogens is 1. The monoisotopic (exact) mass is 432 g/mol. The highest BCUT2D eigenvalue weighted by molar-refractivity contribution is 6.31. The van der Waals surface area contributed by atoms with Crippen molar-refractivity contribution >= 4 is 39.9 Å². The second-order valence-corrected chi connectivity index (χ2v) is 7.78. The molecule has 0 spiro atoms. The first-order valence-electron chi connectivity index (χ1n) is 9.62. The third kappa shape index (κ3) is 2.95. The third-order valence-electron chi connectivity index (χ3n) is 5.51. The number of aromatic nitrogens is 1. The number of anilines is 1. The summed E-state index contributed by atoms with van der Waals surface area (Å²) in [6, 6.07) is 16.7. The van der Waals surface area contributed by atoms with Gasteiger partial charge < -0.3 is 14.1 Å². The zero-order valence-electron chi connectivity index (χ0n) is 16.4. The van der Waals surface area contributed by atoms with E-state index >= 15 is 0 Å². The molecule has 2 aromatic heterocycles. The van der Waals surface area contributed by atoms with Crippen LogP contribution < -0.4 is 4.90 Å². The zero-order chi connectivity index (χ0) is 21.7. The van der Waals surface area contributed by atoms with Gasteiger partial charge in [-0.1, -0.05) is 35.9 Å². The quantitative estimate of drug-likeness (QED) is 0.449. The van der Waals surface area contributed by atoms with E-state index < -0.39 is 23.5 Å². The third-order valence-corrected chi connectivity index (χ3v) is 5.74. The molecule has 1 atom stereocenters. The largest absolute Gasteiger partial charge is 0.503 e. The molecule has 0 aliphatic carbocycles. The van der Waals surface area contributed by atoms with Crippen LogP contribution in [0.15, 0.2) is 88.9 Å². The highest BCUT2D eigenvalue weighted by atomic mass is 35.5. The van der Waals surface area contributed by atoms with Gasteiger partial charge in [-0.2, -0.15) is 0 Å². The Kier molecular flexibility index (Phi) is 4.45. The molecule has 4 aromatic rings. The first-order chi connectivity index (χ1) is 15.0. The van der Waals surface area contributed by atoms with E-state index in [1.54, 1.807) is 30.3 Å². The van der Waals surface area contributed by atoms with Crippen molar-refractivity contribution in [3.05, 3.63) is 101 Å². The van der Waals surface area contributed by atoms with Crippen LogP contribution in [0.2, 0.25) is 5.02 Å². The molecule has 0 saturated carbocycles. The van der Waals surface area contributed by atoms with Crippen LogP contribution in [0.3, 0.4) is 0 Å². The summed E-state index contributed by atoms with van der Waals surface area (Å²) >= 11 is 6.18. The van der Waals surface area contributed by atoms with Gasteiger partial charge in [-0.15, -0.1) is 0 Å². The lowest BCUT2D eigenvalue weighted by Gasteiger charge is -2.26. The average molecular weight is 433 g/mol. The summed E-state index contributed by atoms with van der Waals surface area (Å²) in [5.74, 6) is -1.76. The van der Waals surface area contributed by atoms with Gasteiger partial charge in [0, 0.05) is 40.4 Å².